The zero-order chi connectivity index (χ0) is 14.8. The molecule has 1 aromatic rings. The second-order valence-electron chi connectivity index (χ2n) is 4.39. The van der Waals surface area contributed by atoms with Gasteiger partial charge in [-0.2, -0.15) is 0 Å². The standard InChI is InChI=1S/C15H24ClNO3/c1-4-17-14(7-8-20-10-9-18-2)13-11-12(16)5-6-15(13)19-3/h5-6,11,14,17H,4,7-10H2,1-3H3. The highest BCUT2D eigenvalue weighted by molar-refractivity contribution is 6.30. The lowest BCUT2D eigenvalue weighted by molar-refractivity contribution is 0.0657. The van der Waals surface area contributed by atoms with Crippen molar-refractivity contribution in [2.24, 2.45) is 0 Å². The van der Waals surface area contributed by atoms with Crippen molar-refractivity contribution >= 4 is 11.6 Å². The molecule has 0 bridgehead atoms. The Bertz CT molecular complexity index is 387. The zero-order valence-corrected chi connectivity index (χ0v) is 13.2. The van der Waals surface area contributed by atoms with Crippen LogP contribution in [0.15, 0.2) is 18.2 Å². The molecule has 5 heteroatoms. The van der Waals surface area contributed by atoms with Crippen LogP contribution >= 0.6 is 11.6 Å². The van der Waals surface area contributed by atoms with E-state index in [9.17, 15) is 0 Å². The van der Waals surface area contributed by atoms with E-state index in [0.29, 0.717) is 24.8 Å². The number of hydrogen-bond acceptors (Lipinski definition) is 4. The number of ether oxygens (including phenoxy) is 3. The summed E-state index contributed by atoms with van der Waals surface area (Å²) in [5, 5.41) is 4.15. The molecule has 20 heavy (non-hydrogen) atoms. The van der Waals surface area contributed by atoms with Gasteiger partial charge in [-0.25, -0.2) is 0 Å². The van der Waals surface area contributed by atoms with E-state index < -0.39 is 0 Å². The third-order valence-electron chi connectivity index (χ3n) is 3.00. The van der Waals surface area contributed by atoms with Gasteiger partial charge in [0.15, 0.2) is 0 Å². The summed E-state index contributed by atoms with van der Waals surface area (Å²) >= 11 is 6.09. The van der Waals surface area contributed by atoms with E-state index in [1.54, 1.807) is 14.2 Å². The number of methoxy groups -OCH3 is 2. The number of benzene rings is 1. The van der Waals surface area contributed by atoms with Gasteiger partial charge in [0.25, 0.3) is 0 Å². The highest BCUT2D eigenvalue weighted by Crippen LogP contribution is 2.30. The third-order valence-corrected chi connectivity index (χ3v) is 3.24. The number of halogens is 1. The van der Waals surface area contributed by atoms with Gasteiger partial charge in [-0.3, -0.25) is 0 Å². The Labute approximate surface area is 126 Å². The molecule has 4 nitrogen and oxygen atoms in total. The zero-order valence-electron chi connectivity index (χ0n) is 12.4. The van der Waals surface area contributed by atoms with Crippen molar-refractivity contribution in [2.45, 2.75) is 19.4 Å². The molecule has 1 N–H and O–H groups in total. The first-order chi connectivity index (χ1) is 9.72. The maximum absolute atomic E-state index is 6.09. The van der Waals surface area contributed by atoms with Crippen molar-refractivity contribution in [3.63, 3.8) is 0 Å². The topological polar surface area (TPSA) is 39.7 Å². The van der Waals surface area contributed by atoms with Gasteiger partial charge in [-0.15, -0.1) is 0 Å². The molecular formula is C15H24ClNO3. The van der Waals surface area contributed by atoms with Crippen LogP contribution in [0.25, 0.3) is 0 Å². The Morgan fingerprint density at radius 2 is 2.00 bits per heavy atom. The fourth-order valence-electron chi connectivity index (χ4n) is 2.04. The van der Waals surface area contributed by atoms with Gasteiger partial charge in [-0.1, -0.05) is 18.5 Å². The minimum Gasteiger partial charge on any atom is -0.496 e. The normalized spacial score (nSPS) is 12.4. The van der Waals surface area contributed by atoms with Crippen LogP contribution in [-0.4, -0.2) is 40.6 Å². The predicted molar refractivity (Wildman–Crippen MR) is 81.7 cm³/mol. The molecule has 0 amide bonds. The van der Waals surface area contributed by atoms with Crippen LogP contribution in [0.1, 0.15) is 24.9 Å². The van der Waals surface area contributed by atoms with Gasteiger partial charge in [0, 0.05) is 30.3 Å². The minimum absolute atomic E-state index is 0.163. The SMILES string of the molecule is CCNC(CCOCCOC)c1cc(Cl)ccc1OC. The summed E-state index contributed by atoms with van der Waals surface area (Å²) in [4.78, 5) is 0. The fourth-order valence-corrected chi connectivity index (χ4v) is 2.22. The van der Waals surface area contributed by atoms with Gasteiger partial charge in [0.2, 0.25) is 0 Å². The molecule has 1 rings (SSSR count). The minimum atomic E-state index is 0.163. The van der Waals surface area contributed by atoms with Gasteiger partial charge >= 0.3 is 0 Å². The monoisotopic (exact) mass is 301 g/mol. The lowest BCUT2D eigenvalue weighted by Crippen LogP contribution is -2.23. The second kappa shape index (κ2) is 10.00. The largest absolute Gasteiger partial charge is 0.496 e. The molecule has 1 aromatic carbocycles. The average Bonchev–Trinajstić information content (AvgIpc) is 2.46. The summed E-state index contributed by atoms with van der Waals surface area (Å²) in [6.07, 6.45) is 0.855. The van der Waals surface area contributed by atoms with E-state index in [0.717, 1.165) is 24.3 Å². The fraction of sp³-hybridized carbons (Fsp3) is 0.600. The third kappa shape index (κ3) is 5.67. The molecule has 0 saturated heterocycles. The maximum Gasteiger partial charge on any atom is 0.123 e. The van der Waals surface area contributed by atoms with E-state index in [2.05, 4.69) is 12.2 Å². The van der Waals surface area contributed by atoms with Crippen molar-refractivity contribution in [3.05, 3.63) is 28.8 Å². The predicted octanol–water partition coefficient (Wildman–Crippen LogP) is 3.05. The molecule has 0 aliphatic carbocycles. The molecular weight excluding hydrogens is 278 g/mol. The Kier molecular flexibility index (Phi) is 8.62. The Morgan fingerprint density at radius 1 is 1.20 bits per heavy atom. The van der Waals surface area contributed by atoms with Crippen molar-refractivity contribution in [3.8, 4) is 5.75 Å². The van der Waals surface area contributed by atoms with E-state index in [-0.39, 0.29) is 6.04 Å². The van der Waals surface area contributed by atoms with Crippen LogP contribution in [-0.2, 0) is 9.47 Å². The molecule has 0 aliphatic rings. The van der Waals surface area contributed by atoms with Crippen molar-refractivity contribution < 1.29 is 14.2 Å². The van der Waals surface area contributed by atoms with Crippen LogP contribution in [0.5, 0.6) is 5.75 Å². The Morgan fingerprint density at radius 3 is 2.65 bits per heavy atom. The van der Waals surface area contributed by atoms with Gasteiger partial charge in [0.05, 0.1) is 20.3 Å². The molecule has 0 fully saturated rings. The molecule has 0 aromatic heterocycles. The first-order valence-electron chi connectivity index (χ1n) is 6.86. The molecule has 0 saturated carbocycles. The smallest absolute Gasteiger partial charge is 0.123 e. The van der Waals surface area contributed by atoms with E-state index in [4.69, 9.17) is 25.8 Å². The summed E-state index contributed by atoms with van der Waals surface area (Å²) < 4.78 is 15.9. The number of hydrogen-bond donors (Lipinski definition) is 1. The molecule has 1 unspecified atom stereocenters. The summed E-state index contributed by atoms with van der Waals surface area (Å²) in [6, 6.07) is 5.84. The van der Waals surface area contributed by atoms with Crippen LogP contribution in [0.4, 0.5) is 0 Å². The Hall–Kier alpha value is -0.810. The molecule has 0 spiro atoms. The molecule has 0 radical (unpaired) electrons. The van der Waals surface area contributed by atoms with Gasteiger partial charge in [0.1, 0.15) is 5.75 Å². The Balaban J connectivity index is 2.67. The highest BCUT2D eigenvalue weighted by atomic mass is 35.5. The summed E-state index contributed by atoms with van der Waals surface area (Å²) in [5.41, 5.74) is 1.07. The number of nitrogens with one attached hydrogen (secondary N) is 1. The summed E-state index contributed by atoms with van der Waals surface area (Å²) in [6.45, 7) is 4.85. The first kappa shape index (κ1) is 17.2. The van der Waals surface area contributed by atoms with Crippen molar-refractivity contribution in [1.82, 2.24) is 5.32 Å². The van der Waals surface area contributed by atoms with Crippen LogP contribution < -0.4 is 10.1 Å². The lowest BCUT2D eigenvalue weighted by Gasteiger charge is -2.21. The van der Waals surface area contributed by atoms with Gasteiger partial charge < -0.3 is 19.5 Å². The molecule has 114 valence electrons. The van der Waals surface area contributed by atoms with Crippen LogP contribution in [0.2, 0.25) is 5.02 Å². The van der Waals surface area contributed by atoms with E-state index in [1.165, 1.54) is 0 Å². The van der Waals surface area contributed by atoms with Crippen molar-refractivity contribution in [2.75, 3.05) is 40.6 Å². The first-order valence-corrected chi connectivity index (χ1v) is 7.24. The molecule has 1 atom stereocenters. The van der Waals surface area contributed by atoms with Crippen LogP contribution in [0, 0.1) is 0 Å². The highest BCUT2D eigenvalue weighted by Gasteiger charge is 2.15. The van der Waals surface area contributed by atoms with Crippen LogP contribution in [0.3, 0.4) is 0 Å². The molecule has 0 heterocycles. The second-order valence-corrected chi connectivity index (χ2v) is 4.83. The van der Waals surface area contributed by atoms with Gasteiger partial charge in [-0.05, 0) is 31.2 Å². The van der Waals surface area contributed by atoms with E-state index in [1.807, 2.05) is 18.2 Å². The van der Waals surface area contributed by atoms with E-state index >= 15 is 0 Å². The average molecular weight is 302 g/mol. The summed E-state index contributed by atoms with van der Waals surface area (Å²) in [5.74, 6) is 0.845. The molecule has 0 aliphatic heterocycles. The quantitative estimate of drug-likeness (QED) is 0.674. The van der Waals surface area contributed by atoms with Crippen molar-refractivity contribution in [1.29, 1.82) is 0 Å². The maximum atomic E-state index is 6.09. The lowest BCUT2D eigenvalue weighted by atomic mass is 10.0. The summed E-state index contributed by atoms with van der Waals surface area (Å²) in [7, 11) is 3.34. The number of rotatable bonds is 10.